The quantitative estimate of drug-likeness (QED) is 0.124. The molecule has 1 fully saturated rings. The van der Waals surface area contributed by atoms with Gasteiger partial charge in [-0.25, -0.2) is 20.5 Å². The Morgan fingerprint density at radius 1 is 1.05 bits per heavy atom. The number of carbonyl (C=O) groups is 2. The number of hydrogen-bond acceptors (Lipinski definition) is 11. The molecular formula is C26H37F3N8O6. The molecule has 14 nitrogen and oxygen atoms in total. The first-order valence-electron chi connectivity index (χ1n) is 14.0. The van der Waals surface area contributed by atoms with Gasteiger partial charge in [0, 0.05) is 38.6 Å². The number of ether oxygens (including phenoxy) is 2. The smallest absolute Gasteiger partial charge is 0.423 e. The van der Waals surface area contributed by atoms with E-state index in [0.717, 1.165) is 25.5 Å². The minimum Gasteiger partial charge on any atom is -0.490 e. The molecule has 1 atom stereocenters. The monoisotopic (exact) mass is 614 g/mol. The molecular weight excluding hydrogens is 577 g/mol. The van der Waals surface area contributed by atoms with Crippen molar-refractivity contribution in [3.05, 3.63) is 34.5 Å². The molecule has 2 aromatic heterocycles. The van der Waals surface area contributed by atoms with Gasteiger partial charge < -0.3 is 24.6 Å². The Morgan fingerprint density at radius 3 is 2.42 bits per heavy atom. The van der Waals surface area contributed by atoms with E-state index in [1.54, 1.807) is 34.8 Å². The van der Waals surface area contributed by atoms with Gasteiger partial charge in [0.2, 0.25) is 17.8 Å². The van der Waals surface area contributed by atoms with Crippen LogP contribution in [0.5, 0.6) is 5.75 Å². The minimum atomic E-state index is -4.84. The molecule has 0 aromatic carbocycles. The second-order valence-electron chi connectivity index (χ2n) is 9.99. The highest BCUT2D eigenvalue weighted by Crippen LogP contribution is 2.31. The van der Waals surface area contributed by atoms with E-state index in [1.165, 1.54) is 0 Å². The Morgan fingerprint density at radius 2 is 1.74 bits per heavy atom. The average Bonchev–Trinajstić information content (AvgIpc) is 2.98. The number of aromatic amines is 1. The summed E-state index contributed by atoms with van der Waals surface area (Å²) >= 11 is 0. The predicted octanol–water partition coefficient (Wildman–Crippen LogP) is 1.97. The van der Waals surface area contributed by atoms with Crippen molar-refractivity contribution in [2.45, 2.75) is 57.7 Å². The molecule has 2 aromatic rings. The zero-order valence-corrected chi connectivity index (χ0v) is 23.9. The fraction of sp³-hybridized carbons (Fsp3) is 0.615. The Kier molecular flexibility index (Phi) is 12.9. The Labute approximate surface area is 245 Å². The van der Waals surface area contributed by atoms with Crippen molar-refractivity contribution in [2.75, 3.05) is 56.2 Å². The van der Waals surface area contributed by atoms with Crippen molar-refractivity contribution in [1.82, 2.24) is 30.5 Å². The lowest BCUT2D eigenvalue weighted by atomic mass is 10.1. The first-order valence-corrected chi connectivity index (χ1v) is 14.0. The highest BCUT2D eigenvalue weighted by atomic mass is 19.4. The zero-order valence-electron chi connectivity index (χ0n) is 23.9. The maximum Gasteiger partial charge on any atom is 0.423 e. The molecule has 0 bridgehead atoms. The number of aromatic nitrogens is 4. The summed E-state index contributed by atoms with van der Waals surface area (Å²) in [5.74, 6) is 0.606. The summed E-state index contributed by atoms with van der Waals surface area (Å²) in [6.45, 7) is 4.27. The van der Waals surface area contributed by atoms with Gasteiger partial charge in [0.1, 0.15) is 5.56 Å². The van der Waals surface area contributed by atoms with Crippen LogP contribution >= 0.6 is 0 Å². The summed E-state index contributed by atoms with van der Waals surface area (Å²) < 4.78 is 50.7. The lowest BCUT2D eigenvalue weighted by molar-refractivity contribution is -0.138. The van der Waals surface area contributed by atoms with Crippen LogP contribution in [0.25, 0.3) is 0 Å². The number of rotatable bonds is 16. The number of nitrogens with zero attached hydrogens (tertiary/aromatic N) is 5. The number of hydrogen-bond donors (Lipinski definition) is 4. The van der Waals surface area contributed by atoms with E-state index in [1.807, 2.05) is 4.90 Å². The average molecular weight is 615 g/mol. The highest BCUT2D eigenvalue weighted by Gasteiger charge is 2.37. The summed E-state index contributed by atoms with van der Waals surface area (Å²) in [4.78, 5) is 47.6. The molecule has 1 saturated heterocycles. The van der Waals surface area contributed by atoms with E-state index in [-0.39, 0.29) is 31.4 Å². The number of nitrogens with one attached hydrogen (secondary N) is 3. The second-order valence-corrected chi connectivity index (χ2v) is 9.99. The van der Waals surface area contributed by atoms with E-state index in [9.17, 15) is 27.6 Å². The van der Waals surface area contributed by atoms with E-state index in [0.29, 0.717) is 57.3 Å². The van der Waals surface area contributed by atoms with Crippen LogP contribution < -0.4 is 26.0 Å². The predicted molar refractivity (Wildman–Crippen MR) is 148 cm³/mol. The molecule has 3 heterocycles. The number of hydroxylamine groups is 1. The summed E-state index contributed by atoms with van der Waals surface area (Å²) in [7, 11) is 0. The molecule has 238 valence electrons. The molecule has 2 amide bonds. The molecule has 0 unspecified atom stereocenters. The standard InChI is InChI=1S/C26H37F3N8O6/c1-18(33-20-16-32-34-24(40)23(20)26(27,28)29)17-42-13-7-22(39)36-8-10-37(11-9-36)25-30-14-19(15-31-25)43-12-5-3-2-4-6-21(38)35-41/h14-16,18,41H,2-13,17H2,1H3,(H,35,38)(H2,33,34,40)/t18-/m0/s1. The number of H-pyrrole nitrogens is 1. The van der Waals surface area contributed by atoms with Gasteiger partial charge in [-0.1, -0.05) is 12.8 Å². The maximum absolute atomic E-state index is 13.2. The highest BCUT2D eigenvalue weighted by molar-refractivity contribution is 5.76. The van der Waals surface area contributed by atoms with Crippen LogP contribution in [0, 0.1) is 0 Å². The van der Waals surface area contributed by atoms with Crippen LogP contribution in [0.15, 0.2) is 23.4 Å². The van der Waals surface area contributed by atoms with Crippen LogP contribution in [0.4, 0.5) is 24.8 Å². The maximum atomic E-state index is 13.2. The van der Waals surface area contributed by atoms with E-state index >= 15 is 0 Å². The summed E-state index contributed by atoms with van der Waals surface area (Å²) in [5.41, 5.74) is -1.52. The fourth-order valence-corrected chi connectivity index (χ4v) is 4.36. The van der Waals surface area contributed by atoms with Crippen LogP contribution in [0.1, 0.15) is 51.0 Å². The van der Waals surface area contributed by atoms with Crippen molar-refractivity contribution in [3.8, 4) is 5.75 Å². The summed E-state index contributed by atoms with van der Waals surface area (Å²) in [5, 5.41) is 16.2. The number of alkyl halides is 3. The Bertz CT molecular complexity index is 1220. The molecule has 0 radical (unpaired) electrons. The van der Waals surface area contributed by atoms with Gasteiger partial charge in [0.25, 0.3) is 5.56 Å². The SMILES string of the molecule is C[C@@H](COCCC(=O)N1CCN(c2ncc(OCCCCCCC(=O)NO)cn2)CC1)Nc1cn[nH]c(=O)c1C(F)(F)F. The molecule has 0 saturated carbocycles. The molecule has 43 heavy (non-hydrogen) atoms. The van der Waals surface area contributed by atoms with Gasteiger partial charge in [-0.05, 0) is 19.8 Å². The van der Waals surface area contributed by atoms with E-state index in [2.05, 4.69) is 20.4 Å². The molecule has 3 rings (SSSR count). The number of carbonyl (C=O) groups excluding carboxylic acids is 2. The molecule has 17 heteroatoms. The number of amides is 2. The molecule has 1 aliphatic heterocycles. The van der Waals surface area contributed by atoms with E-state index < -0.39 is 29.0 Å². The van der Waals surface area contributed by atoms with Crippen LogP contribution in [-0.2, 0) is 20.5 Å². The fourth-order valence-electron chi connectivity index (χ4n) is 4.36. The van der Waals surface area contributed by atoms with Crippen molar-refractivity contribution in [2.24, 2.45) is 0 Å². The normalized spacial score (nSPS) is 14.3. The van der Waals surface area contributed by atoms with Gasteiger partial charge in [0.05, 0.1) is 50.5 Å². The van der Waals surface area contributed by atoms with Gasteiger partial charge in [-0.2, -0.15) is 18.3 Å². The topological polar surface area (TPSA) is 175 Å². The van der Waals surface area contributed by atoms with Gasteiger partial charge in [-0.3, -0.25) is 19.6 Å². The van der Waals surface area contributed by atoms with Gasteiger partial charge in [0.15, 0.2) is 5.75 Å². The third-order valence-corrected chi connectivity index (χ3v) is 6.59. The third-order valence-electron chi connectivity index (χ3n) is 6.59. The molecule has 4 N–H and O–H groups in total. The van der Waals surface area contributed by atoms with Crippen molar-refractivity contribution in [1.29, 1.82) is 0 Å². The van der Waals surface area contributed by atoms with Crippen LogP contribution in [-0.4, -0.2) is 94.1 Å². The number of piperazine rings is 1. The first kappa shape index (κ1) is 33.5. The first-order chi connectivity index (χ1) is 20.6. The van der Waals surface area contributed by atoms with Crippen LogP contribution in [0.2, 0.25) is 0 Å². The lowest BCUT2D eigenvalue weighted by Crippen LogP contribution is -2.49. The Hall–Kier alpha value is -3.99. The number of unbranched alkanes of at least 4 members (excludes halogenated alkanes) is 3. The zero-order chi connectivity index (χ0) is 31.2. The molecule has 0 spiro atoms. The van der Waals surface area contributed by atoms with Gasteiger partial charge >= 0.3 is 6.18 Å². The van der Waals surface area contributed by atoms with Crippen molar-refractivity contribution >= 4 is 23.5 Å². The Balaban J connectivity index is 1.30. The lowest BCUT2D eigenvalue weighted by Gasteiger charge is -2.34. The van der Waals surface area contributed by atoms with Crippen molar-refractivity contribution < 1.29 is 37.4 Å². The summed E-state index contributed by atoms with van der Waals surface area (Å²) in [6.07, 6.45) is 2.94. The van der Waals surface area contributed by atoms with Crippen molar-refractivity contribution in [3.63, 3.8) is 0 Å². The van der Waals surface area contributed by atoms with E-state index in [4.69, 9.17) is 14.7 Å². The third kappa shape index (κ3) is 11.0. The van der Waals surface area contributed by atoms with Gasteiger partial charge in [-0.15, -0.1) is 0 Å². The number of anilines is 2. The molecule has 1 aliphatic rings. The molecule has 0 aliphatic carbocycles. The number of halogens is 3. The summed E-state index contributed by atoms with van der Waals surface area (Å²) in [6, 6.07) is -0.570. The minimum absolute atomic E-state index is 0.0215. The largest absolute Gasteiger partial charge is 0.490 e. The second kappa shape index (κ2) is 16.6. The van der Waals surface area contributed by atoms with Crippen LogP contribution in [0.3, 0.4) is 0 Å².